The number of carbonyl (C=O) groups is 1. The lowest BCUT2D eigenvalue weighted by Gasteiger charge is -2.32. The van der Waals surface area contributed by atoms with Crippen molar-refractivity contribution >= 4 is 35.7 Å². The number of carbonyl (C=O) groups excluding carboxylic acids is 1. The van der Waals surface area contributed by atoms with Crippen LogP contribution in [0, 0.1) is 12.8 Å². The molecule has 3 heterocycles. The van der Waals surface area contributed by atoms with Crippen molar-refractivity contribution in [3.8, 4) is 11.3 Å². The molecule has 1 fully saturated rings. The molecular weight excluding hydrogens is 578 g/mol. The van der Waals surface area contributed by atoms with Crippen molar-refractivity contribution in [2.45, 2.75) is 33.1 Å². The molecule has 1 saturated heterocycles. The second kappa shape index (κ2) is 14.5. The molecule has 1 aliphatic heterocycles. The van der Waals surface area contributed by atoms with E-state index in [1.165, 1.54) is 11.1 Å². The molecule has 0 aliphatic carbocycles. The number of benzene rings is 3. The van der Waals surface area contributed by atoms with E-state index in [0.717, 1.165) is 43.6 Å². The Morgan fingerprint density at radius 3 is 2.41 bits per heavy atom. The monoisotopic (exact) mass is 615 g/mol. The van der Waals surface area contributed by atoms with Crippen LogP contribution in [0.1, 0.15) is 47.0 Å². The summed E-state index contributed by atoms with van der Waals surface area (Å²) in [5, 5.41) is 7.66. The van der Waals surface area contributed by atoms with Crippen LogP contribution in [0.25, 0.3) is 11.3 Å². The SMILES string of the molecule is CCOC(=O)c1ccc(-c2ccc(/C=N\Nc3nc(Nc4ccc(C)cc4)nc(N4CCC(Cc5ccccc5)CC4)n3)o2)cc1. The van der Waals surface area contributed by atoms with Gasteiger partial charge < -0.3 is 19.4 Å². The number of hydrazone groups is 1. The maximum absolute atomic E-state index is 12.0. The van der Waals surface area contributed by atoms with Gasteiger partial charge in [-0.2, -0.15) is 20.1 Å². The van der Waals surface area contributed by atoms with E-state index in [1.807, 2.05) is 48.5 Å². The molecule has 0 atom stereocenters. The Morgan fingerprint density at radius 1 is 0.935 bits per heavy atom. The predicted octanol–water partition coefficient (Wildman–Crippen LogP) is 7.27. The Morgan fingerprint density at radius 2 is 1.67 bits per heavy atom. The molecule has 10 nitrogen and oxygen atoms in total. The van der Waals surface area contributed by atoms with Gasteiger partial charge in [0.1, 0.15) is 11.5 Å². The molecule has 1 aliphatic rings. The van der Waals surface area contributed by atoms with Gasteiger partial charge in [-0.25, -0.2) is 10.2 Å². The number of hydrogen-bond acceptors (Lipinski definition) is 10. The summed E-state index contributed by atoms with van der Waals surface area (Å²) in [5.74, 6) is 2.84. The average Bonchev–Trinajstić information content (AvgIpc) is 3.56. The quantitative estimate of drug-likeness (QED) is 0.0899. The third-order valence-corrected chi connectivity index (χ3v) is 7.86. The Hall–Kier alpha value is -5.51. The van der Waals surface area contributed by atoms with Gasteiger partial charge in [-0.15, -0.1) is 0 Å². The zero-order chi connectivity index (χ0) is 31.7. The third-order valence-electron chi connectivity index (χ3n) is 7.86. The van der Waals surface area contributed by atoms with Crippen molar-refractivity contribution in [2.24, 2.45) is 11.0 Å². The first-order valence-corrected chi connectivity index (χ1v) is 15.6. The van der Waals surface area contributed by atoms with Crippen molar-refractivity contribution in [3.05, 3.63) is 113 Å². The first-order valence-electron chi connectivity index (χ1n) is 15.6. The molecule has 3 aromatic carbocycles. The average molecular weight is 616 g/mol. The van der Waals surface area contributed by atoms with Gasteiger partial charge in [0.05, 0.1) is 18.4 Å². The van der Waals surface area contributed by atoms with Gasteiger partial charge in [-0.3, -0.25) is 0 Å². The number of nitrogens with zero attached hydrogens (tertiary/aromatic N) is 5. The molecule has 234 valence electrons. The van der Waals surface area contributed by atoms with Crippen LogP contribution in [0.15, 0.2) is 101 Å². The molecule has 2 N–H and O–H groups in total. The summed E-state index contributed by atoms with van der Waals surface area (Å²) >= 11 is 0. The van der Waals surface area contributed by atoms with Crippen LogP contribution >= 0.6 is 0 Å². The van der Waals surface area contributed by atoms with Gasteiger partial charge in [0.2, 0.25) is 17.8 Å². The standard InChI is InChI=1S/C36H37N7O3/c1-3-45-33(44)29-13-11-28(12-14-29)32-18-17-31(46-32)24-37-42-35-39-34(38-30-15-9-25(2)10-16-30)40-36(41-35)43-21-19-27(20-22-43)23-26-7-5-4-6-8-26/h4-18,24,27H,3,19-23H2,1-2H3,(H2,38,39,40,41,42)/b37-24-. The predicted molar refractivity (Wildman–Crippen MR) is 181 cm³/mol. The first kappa shape index (κ1) is 30.5. The number of furan rings is 1. The van der Waals surface area contributed by atoms with Gasteiger partial charge in [-0.1, -0.05) is 60.2 Å². The van der Waals surface area contributed by atoms with Crippen LogP contribution in [0.2, 0.25) is 0 Å². The van der Waals surface area contributed by atoms with E-state index in [0.29, 0.717) is 47.5 Å². The van der Waals surface area contributed by atoms with Crippen LogP contribution < -0.4 is 15.6 Å². The van der Waals surface area contributed by atoms with Crippen molar-refractivity contribution in [1.29, 1.82) is 0 Å². The first-order chi connectivity index (χ1) is 22.5. The van der Waals surface area contributed by atoms with Crippen LogP contribution in [0.3, 0.4) is 0 Å². The van der Waals surface area contributed by atoms with Crippen LogP contribution in [0.5, 0.6) is 0 Å². The summed E-state index contributed by atoms with van der Waals surface area (Å²) in [6.45, 7) is 5.90. The van der Waals surface area contributed by atoms with Gasteiger partial charge in [0.15, 0.2) is 0 Å². The molecule has 6 rings (SSSR count). The molecule has 0 spiro atoms. The molecule has 0 saturated carbocycles. The molecule has 10 heteroatoms. The minimum absolute atomic E-state index is 0.323. The lowest BCUT2D eigenvalue weighted by molar-refractivity contribution is 0.0526. The molecule has 5 aromatic rings. The molecule has 0 amide bonds. The summed E-state index contributed by atoms with van der Waals surface area (Å²) in [7, 11) is 0. The molecule has 0 radical (unpaired) electrons. The normalized spacial score (nSPS) is 13.6. The number of hydrogen-bond donors (Lipinski definition) is 2. The Balaban J connectivity index is 1.14. The number of esters is 1. The van der Waals surface area contributed by atoms with E-state index < -0.39 is 0 Å². The van der Waals surface area contributed by atoms with E-state index in [2.05, 4.69) is 63.0 Å². The van der Waals surface area contributed by atoms with E-state index in [-0.39, 0.29) is 5.97 Å². The smallest absolute Gasteiger partial charge is 0.338 e. The largest absolute Gasteiger partial charge is 0.462 e. The number of rotatable bonds is 11. The van der Waals surface area contributed by atoms with Gasteiger partial charge in [-0.05, 0) is 81.0 Å². The number of nitrogens with one attached hydrogen (secondary N) is 2. The van der Waals surface area contributed by atoms with Crippen molar-refractivity contribution in [2.75, 3.05) is 35.3 Å². The highest BCUT2D eigenvalue weighted by Crippen LogP contribution is 2.26. The fraction of sp³-hybridized carbons (Fsp3) is 0.250. The summed E-state index contributed by atoms with van der Waals surface area (Å²) < 4.78 is 11.0. The second-order valence-electron chi connectivity index (χ2n) is 11.3. The molecular formula is C36H37N7O3. The summed E-state index contributed by atoms with van der Waals surface area (Å²) in [6.07, 6.45) is 4.78. The van der Waals surface area contributed by atoms with E-state index in [4.69, 9.17) is 19.1 Å². The third kappa shape index (κ3) is 7.95. The number of ether oxygens (including phenoxy) is 1. The maximum atomic E-state index is 12.0. The number of aryl methyl sites for hydroxylation is 1. The Labute approximate surface area is 268 Å². The minimum Gasteiger partial charge on any atom is -0.462 e. The van der Waals surface area contributed by atoms with Gasteiger partial charge in [0, 0.05) is 24.3 Å². The Bertz CT molecular complexity index is 1760. The summed E-state index contributed by atoms with van der Waals surface area (Å²) in [4.78, 5) is 28.2. The van der Waals surface area contributed by atoms with E-state index >= 15 is 0 Å². The number of aromatic nitrogens is 3. The lowest BCUT2D eigenvalue weighted by atomic mass is 9.90. The zero-order valence-electron chi connectivity index (χ0n) is 26.0. The van der Waals surface area contributed by atoms with E-state index in [9.17, 15) is 4.79 Å². The lowest BCUT2D eigenvalue weighted by Crippen LogP contribution is -2.35. The fourth-order valence-electron chi connectivity index (χ4n) is 5.38. The molecule has 46 heavy (non-hydrogen) atoms. The molecule has 0 unspecified atom stereocenters. The van der Waals surface area contributed by atoms with Crippen molar-refractivity contribution in [3.63, 3.8) is 0 Å². The van der Waals surface area contributed by atoms with Gasteiger partial charge in [0.25, 0.3) is 0 Å². The zero-order valence-corrected chi connectivity index (χ0v) is 26.0. The highest BCUT2D eigenvalue weighted by Gasteiger charge is 2.22. The number of piperidine rings is 1. The van der Waals surface area contributed by atoms with Crippen molar-refractivity contribution < 1.29 is 13.9 Å². The fourth-order valence-corrected chi connectivity index (χ4v) is 5.38. The second-order valence-corrected chi connectivity index (χ2v) is 11.3. The van der Waals surface area contributed by atoms with Crippen LogP contribution in [-0.2, 0) is 11.2 Å². The molecule has 0 bridgehead atoms. The Kier molecular flexibility index (Phi) is 9.63. The minimum atomic E-state index is -0.348. The topological polar surface area (TPSA) is 118 Å². The highest BCUT2D eigenvalue weighted by molar-refractivity contribution is 5.90. The van der Waals surface area contributed by atoms with E-state index in [1.54, 1.807) is 25.3 Å². The highest BCUT2D eigenvalue weighted by atomic mass is 16.5. The summed E-state index contributed by atoms with van der Waals surface area (Å²) in [5.41, 5.74) is 7.73. The van der Waals surface area contributed by atoms with Crippen LogP contribution in [0.4, 0.5) is 23.5 Å². The van der Waals surface area contributed by atoms with Gasteiger partial charge >= 0.3 is 5.97 Å². The summed E-state index contributed by atoms with van der Waals surface area (Å²) in [6, 6.07) is 29.5. The number of anilines is 4. The maximum Gasteiger partial charge on any atom is 0.338 e. The molecule has 2 aromatic heterocycles. The van der Waals surface area contributed by atoms with Crippen LogP contribution in [-0.4, -0.2) is 46.8 Å². The van der Waals surface area contributed by atoms with Crippen molar-refractivity contribution in [1.82, 2.24) is 15.0 Å².